The molecule has 0 spiro atoms. The van der Waals surface area contributed by atoms with Gasteiger partial charge in [-0.05, 0) is 60.7 Å². The number of amides is 1. The summed E-state index contributed by atoms with van der Waals surface area (Å²) in [5, 5.41) is 10.9. The maximum absolute atomic E-state index is 12.1. The van der Waals surface area contributed by atoms with Crippen molar-refractivity contribution in [1.29, 1.82) is 0 Å². The number of aromatic nitrogens is 2. The van der Waals surface area contributed by atoms with Crippen molar-refractivity contribution in [3.8, 4) is 34.4 Å². The van der Waals surface area contributed by atoms with Crippen LogP contribution in [-0.4, -0.2) is 29.8 Å². The highest BCUT2D eigenvalue weighted by Gasteiger charge is 2.11. The van der Waals surface area contributed by atoms with Crippen LogP contribution in [0.15, 0.2) is 83.3 Å². The quantitative estimate of drug-likeness (QED) is 0.493. The number of nitrogens with zero attached hydrogens (tertiary/aromatic N) is 2. The van der Waals surface area contributed by atoms with Gasteiger partial charge in [-0.25, -0.2) is 0 Å². The fraction of sp³-hybridized carbons (Fsp3) is 0.0870. The molecule has 4 aromatic rings. The Morgan fingerprint density at radius 3 is 2.07 bits per heavy atom. The van der Waals surface area contributed by atoms with E-state index in [1.807, 2.05) is 30.3 Å². The Morgan fingerprint density at radius 1 is 0.833 bits per heavy atom. The fourth-order valence-corrected chi connectivity index (χ4v) is 2.75. The highest BCUT2D eigenvalue weighted by atomic mass is 16.5. The van der Waals surface area contributed by atoms with Crippen LogP contribution < -0.4 is 14.8 Å². The molecule has 3 aromatic carbocycles. The van der Waals surface area contributed by atoms with Gasteiger partial charge >= 0.3 is 0 Å². The second-order valence-electron chi connectivity index (χ2n) is 6.37. The van der Waals surface area contributed by atoms with Gasteiger partial charge in [0.2, 0.25) is 11.8 Å². The molecule has 1 heterocycles. The van der Waals surface area contributed by atoms with Crippen LogP contribution in [0.3, 0.4) is 0 Å². The van der Waals surface area contributed by atoms with Crippen molar-refractivity contribution >= 4 is 11.6 Å². The lowest BCUT2D eigenvalue weighted by atomic mass is 10.2. The zero-order chi connectivity index (χ0) is 20.8. The summed E-state index contributed by atoms with van der Waals surface area (Å²) in [5.41, 5.74) is 2.30. The molecule has 0 unspecified atom stereocenters. The number of hydrogen-bond acceptors (Lipinski definition) is 6. The largest absolute Gasteiger partial charge is 0.497 e. The minimum atomic E-state index is -0.256. The Balaban J connectivity index is 1.33. The minimum Gasteiger partial charge on any atom is -0.497 e. The first-order chi connectivity index (χ1) is 14.7. The topological polar surface area (TPSA) is 86.5 Å². The molecule has 0 aliphatic carbocycles. The van der Waals surface area contributed by atoms with E-state index in [0.717, 1.165) is 16.9 Å². The number of methoxy groups -OCH3 is 1. The van der Waals surface area contributed by atoms with E-state index >= 15 is 0 Å². The van der Waals surface area contributed by atoms with Gasteiger partial charge in [-0.1, -0.05) is 18.2 Å². The number of anilines is 1. The first-order valence-electron chi connectivity index (χ1n) is 9.27. The summed E-state index contributed by atoms with van der Waals surface area (Å²) in [6.45, 7) is -0.107. The van der Waals surface area contributed by atoms with Crippen molar-refractivity contribution in [1.82, 2.24) is 10.2 Å². The van der Waals surface area contributed by atoms with Gasteiger partial charge in [0.05, 0.1) is 7.11 Å². The number of benzene rings is 3. The highest BCUT2D eigenvalue weighted by Crippen LogP contribution is 2.25. The Morgan fingerprint density at radius 2 is 1.43 bits per heavy atom. The van der Waals surface area contributed by atoms with Crippen molar-refractivity contribution in [2.24, 2.45) is 0 Å². The normalized spacial score (nSPS) is 10.4. The first kappa shape index (κ1) is 19.2. The van der Waals surface area contributed by atoms with Gasteiger partial charge in [0.15, 0.2) is 6.61 Å². The molecule has 0 aliphatic rings. The van der Waals surface area contributed by atoms with Crippen LogP contribution in [0.5, 0.6) is 11.5 Å². The summed E-state index contributed by atoms with van der Waals surface area (Å²) in [6, 6.07) is 23.8. The van der Waals surface area contributed by atoms with Crippen LogP contribution in [0, 0.1) is 0 Å². The van der Waals surface area contributed by atoms with Gasteiger partial charge in [-0.15, -0.1) is 10.2 Å². The number of ether oxygens (including phenoxy) is 2. The van der Waals surface area contributed by atoms with Crippen LogP contribution in [0.4, 0.5) is 5.69 Å². The van der Waals surface area contributed by atoms with Gasteiger partial charge in [-0.3, -0.25) is 4.79 Å². The molecule has 0 aliphatic heterocycles. The summed E-state index contributed by atoms with van der Waals surface area (Å²) in [4.78, 5) is 12.1. The molecule has 1 aromatic heterocycles. The number of rotatable bonds is 7. The average Bonchev–Trinajstić information content (AvgIpc) is 3.29. The molecular formula is C23H19N3O4. The van der Waals surface area contributed by atoms with Crippen LogP contribution in [0.1, 0.15) is 0 Å². The molecule has 0 fully saturated rings. The van der Waals surface area contributed by atoms with Gasteiger partial charge in [0.1, 0.15) is 11.5 Å². The average molecular weight is 401 g/mol. The molecule has 1 N–H and O–H groups in total. The molecule has 0 saturated carbocycles. The molecular weight excluding hydrogens is 382 g/mol. The van der Waals surface area contributed by atoms with Gasteiger partial charge in [0.25, 0.3) is 5.91 Å². The third-order valence-corrected chi connectivity index (χ3v) is 4.29. The van der Waals surface area contributed by atoms with Gasteiger partial charge in [0, 0.05) is 16.8 Å². The monoisotopic (exact) mass is 401 g/mol. The van der Waals surface area contributed by atoms with Crippen LogP contribution >= 0.6 is 0 Å². The highest BCUT2D eigenvalue weighted by molar-refractivity contribution is 5.91. The Kier molecular flexibility index (Phi) is 5.70. The molecule has 30 heavy (non-hydrogen) atoms. The van der Waals surface area contributed by atoms with Crippen LogP contribution in [0.2, 0.25) is 0 Å². The van der Waals surface area contributed by atoms with Crippen LogP contribution in [0.25, 0.3) is 22.9 Å². The molecule has 150 valence electrons. The van der Waals surface area contributed by atoms with Crippen molar-refractivity contribution < 1.29 is 18.7 Å². The van der Waals surface area contributed by atoms with Gasteiger partial charge in [-0.2, -0.15) is 0 Å². The number of hydrogen-bond donors (Lipinski definition) is 1. The third-order valence-electron chi connectivity index (χ3n) is 4.29. The predicted octanol–water partition coefficient (Wildman–Crippen LogP) is 4.43. The number of carbonyl (C=O) groups excluding carboxylic acids is 1. The summed E-state index contributed by atoms with van der Waals surface area (Å²) in [7, 11) is 1.59. The Hall–Kier alpha value is -4.13. The number of nitrogens with one attached hydrogen (secondary N) is 1. The molecule has 0 saturated heterocycles. The van der Waals surface area contributed by atoms with Crippen LogP contribution in [-0.2, 0) is 4.79 Å². The number of carbonyl (C=O) groups is 1. The second-order valence-corrected chi connectivity index (χ2v) is 6.37. The van der Waals surface area contributed by atoms with Crippen molar-refractivity contribution in [2.45, 2.75) is 0 Å². The summed E-state index contributed by atoms with van der Waals surface area (Å²) < 4.78 is 16.4. The lowest BCUT2D eigenvalue weighted by Gasteiger charge is -2.08. The lowest BCUT2D eigenvalue weighted by Crippen LogP contribution is -2.20. The summed E-state index contributed by atoms with van der Waals surface area (Å²) in [5.74, 6) is 1.90. The van der Waals surface area contributed by atoms with E-state index in [0.29, 0.717) is 23.2 Å². The lowest BCUT2D eigenvalue weighted by molar-refractivity contribution is -0.118. The van der Waals surface area contributed by atoms with E-state index in [1.54, 1.807) is 55.6 Å². The molecule has 7 heteroatoms. The SMILES string of the molecule is COc1ccc(NC(=O)COc2ccc(-c3nnc(-c4ccccc4)o3)cc2)cc1. The maximum Gasteiger partial charge on any atom is 0.262 e. The first-order valence-corrected chi connectivity index (χ1v) is 9.27. The van der Waals surface area contributed by atoms with E-state index in [-0.39, 0.29) is 12.5 Å². The zero-order valence-corrected chi connectivity index (χ0v) is 16.2. The van der Waals surface area contributed by atoms with E-state index in [2.05, 4.69) is 15.5 Å². The Bertz CT molecular complexity index is 1110. The predicted molar refractivity (Wildman–Crippen MR) is 112 cm³/mol. The smallest absolute Gasteiger partial charge is 0.262 e. The van der Waals surface area contributed by atoms with Crippen molar-refractivity contribution in [3.05, 3.63) is 78.9 Å². The van der Waals surface area contributed by atoms with E-state index < -0.39 is 0 Å². The molecule has 7 nitrogen and oxygen atoms in total. The zero-order valence-electron chi connectivity index (χ0n) is 16.2. The Labute approximate surface area is 173 Å². The third kappa shape index (κ3) is 4.64. The summed E-state index contributed by atoms with van der Waals surface area (Å²) in [6.07, 6.45) is 0. The van der Waals surface area contributed by atoms with Crippen molar-refractivity contribution in [2.75, 3.05) is 19.0 Å². The van der Waals surface area contributed by atoms with E-state index in [4.69, 9.17) is 13.9 Å². The fourth-order valence-electron chi connectivity index (χ4n) is 2.75. The summed E-state index contributed by atoms with van der Waals surface area (Å²) >= 11 is 0. The maximum atomic E-state index is 12.1. The minimum absolute atomic E-state index is 0.107. The molecule has 0 bridgehead atoms. The second kappa shape index (κ2) is 8.91. The van der Waals surface area contributed by atoms with Crippen molar-refractivity contribution in [3.63, 3.8) is 0 Å². The standard InChI is InChI=1S/C23H19N3O4/c1-28-19-13-9-18(10-14-19)24-21(27)15-29-20-11-7-17(8-12-20)23-26-25-22(30-23)16-5-3-2-4-6-16/h2-14H,15H2,1H3,(H,24,27). The van der Waals surface area contributed by atoms with E-state index in [9.17, 15) is 4.79 Å². The van der Waals surface area contributed by atoms with Gasteiger partial charge < -0.3 is 19.2 Å². The molecule has 4 rings (SSSR count). The molecule has 1 amide bonds. The van der Waals surface area contributed by atoms with E-state index in [1.165, 1.54) is 0 Å². The molecule has 0 atom stereocenters. The molecule has 0 radical (unpaired) electrons.